The van der Waals surface area contributed by atoms with Crippen LogP contribution in [0.3, 0.4) is 0 Å². The molecule has 2 N–H and O–H groups in total. The minimum Gasteiger partial charge on any atom is -0.475 e. The average Bonchev–Trinajstić information content (AvgIpc) is 2.73. The molecule has 1 saturated heterocycles. The van der Waals surface area contributed by atoms with Gasteiger partial charge in [0.2, 0.25) is 5.91 Å². The fourth-order valence-corrected chi connectivity index (χ4v) is 2.76. The number of carboxylic acid groups (broad SMARTS) is 1. The van der Waals surface area contributed by atoms with Crippen molar-refractivity contribution in [3.8, 4) is 0 Å². The lowest BCUT2D eigenvalue weighted by atomic mass is 10.1. The number of hydrogen-bond acceptors (Lipinski definition) is 4. The highest BCUT2D eigenvalue weighted by molar-refractivity contribution is 5.96. The van der Waals surface area contributed by atoms with Crippen LogP contribution in [0, 0.1) is 5.82 Å². The second-order valence-electron chi connectivity index (χ2n) is 6.87. The van der Waals surface area contributed by atoms with Gasteiger partial charge in [-0.05, 0) is 30.7 Å². The highest BCUT2D eigenvalue weighted by Crippen LogP contribution is 2.13. The molecule has 11 heteroatoms. The molecule has 0 radical (unpaired) electrons. The SMILES string of the molecule is CCCCCN(CC(=O)N1CCNCC1)C(=O)c1ccc(F)cc1.O=C(O)C(F)(F)F. The summed E-state index contributed by atoms with van der Waals surface area (Å²) in [6, 6.07) is 5.49. The van der Waals surface area contributed by atoms with Crippen LogP contribution in [-0.2, 0) is 9.59 Å². The predicted molar refractivity (Wildman–Crippen MR) is 105 cm³/mol. The van der Waals surface area contributed by atoms with E-state index in [4.69, 9.17) is 9.90 Å². The number of halogens is 4. The summed E-state index contributed by atoms with van der Waals surface area (Å²) in [4.78, 5) is 37.4. The summed E-state index contributed by atoms with van der Waals surface area (Å²) in [7, 11) is 0. The number of benzene rings is 1. The second kappa shape index (κ2) is 12.9. The Kier molecular flexibility index (Phi) is 10.9. The van der Waals surface area contributed by atoms with Gasteiger partial charge < -0.3 is 20.2 Å². The van der Waals surface area contributed by atoms with Gasteiger partial charge in [0.25, 0.3) is 5.91 Å². The molecular formula is C20H27F4N3O4. The minimum atomic E-state index is -5.08. The lowest BCUT2D eigenvalue weighted by Gasteiger charge is -2.30. The first-order valence-corrected chi connectivity index (χ1v) is 9.89. The van der Waals surface area contributed by atoms with E-state index < -0.39 is 12.1 Å². The van der Waals surface area contributed by atoms with Gasteiger partial charge in [0.05, 0.1) is 0 Å². The Morgan fingerprint density at radius 2 is 1.65 bits per heavy atom. The highest BCUT2D eigenvalue weighted by atomic mass is 19.4. The molecule has 1 aromatic carbocycles. The van der Waals surface area contributed by atoms with Crippen LogP contribution < -0.4 is 5.32 Å². The van der Waals surface area contributed by atoms with Gasteiger partial charge in [-0.2, -0.15) is 13.2 Å². The zero-order valence-electron chi connectivity index (χ0n) is 17.3. The first kappa shape index (κ1) is 26.3. The summed E-state index contributed by atoms with van der Waals surface area (Å²) in [5.74, 6) is -3.37. The molecule has 1 fully saturated rings. The summed E-state index contributed by atoms with van der Waals surface area (Å²) in [5, 5.41) is 10.3. The molecule has 0 unspecified atom stereocenters. The van der Waals surface area contributed by atoms with E-state index in [1.807, 2.05) is 0 Å². The van der Waals surface area contributed by atoms with Crippen molar-refractivity contribution >= 4 is 17.8 Å². The molecule has 1 aliphatic rings. The predicted octanol–water partition coefficient (Wildman–Crippen LogP) is 2.52. The first-order valence-electron chi connectivity index (χ1n) is 9.89. The number of piperazine rings is 1. The smallest absolute Gasteiger partial charge is 0.475 e. The number of hydrogen-bond donors (Lipinski definition) is 2. The van der Waals surface area contributed by atoms with Crippen LogP contribution in [0.2, 0.25) is 0 Å². The quantitative estimate of drug-likeness (QED) is 0.493. The molecular weight excluding hydrogens is 422 g/mol. The largest absolute Gasteiger partial charge is 0.490 e. The van der Waals surface area contributed by atoms with Gasteiger partial charge in [0.1, 0.15) is 12.4 Å². The van der Waals surface area contributed by atoms with Crippen LogP contribution in [0.4, 0.5) is 17.6 Å². The van der Waals surface area contributed by atoms with Gasteiger partial charge in [-0.15, -0.1) is 0 Å². The van der Waals surface area contributed by atoms with Crippen molar-refractivity contribution in [2.24, 2.45) is 0 Å². The summed E-state index contributed by atoms with van der Waals surface area (Å²) >= 11 is 0. The van der Waals surface area contributed by atoms with Gasteiger partial charge in [-0.25, -0.2) is 9.18 Å². The normalized spacial score (nSPS) is 13.8. The number of unbranched alkanes of at least 4 members (excludes halogenated alkanes) is 2. The fourth-order valence-electron chi connectivity index (χ4n) is 2.76. The molecule has 0 spiro atoms. The van der Waals surface area contributed by atoms with Crippen LogP contribution in [0.15, 0.2) is 24.3 Å². The first-order chi connectivity index (χ1) is 14.6. The lowest BCUT2D eigenvalue weighted by Crippen LogP contribution is -2.50. The molecule has 1 aliphatic heterocycles. The van der Waals surface area contributed by atoms with Crippen LogP contribution in [-0.4, -0.2) is 78.1 Å². The summed E-state index contributed by atoms with van der Waals surface area (Å²) in [6.45, 7) is 5.64. The Hall–Kier alpha value is -2.69. The highest BCUT2D eigenvalue weighted by Gasteiger charge is 2.38. The zero-order valence-corrected chi connectivity index (χ0v) is 17.3. The van der Waals surface area contributed by atoms with Crippen molar-refractivity contribution in [2.45, 2.75) is 32.4 Å². The molecule has 2 rings (SSSR count). The third kappa shape index (κ3) is 9.77. The number of amides is 2. The molecule has 2 amide bonds. The molecule has 0 atom stereocenters. The average molecular weight is 449 g/mol. The van der Waals surface area contributed by atoms with E-state index in [9.17, 15) is 27.2 Å². The molecule has 1 heterocycles. The Balaban J connectivity index is 0.000000592. The Morgan fingerprint density at radius 1 is 1.10 bits per heavy atom. The number of aliphatic carboxylic acids is 1. The van der Waals surface area contributed by atoms with Gasteiger partial charge in [0.15, 0.2) is 0 Å². The summed E-state index contributed by atoms with van der Waals surface area (Å²) in [6.07, 6.45) is -2.17. The van der Waals surface area contributed by atoms with Gasteiger partial charge >= 0.3 is 12.1 Å². The summed E-state index contributed by atoms with van der Waals surface area (Å²) in [5.41, 5.74) is 0.418. The molecule has 0 saturated carbocycles. The zero-order chi connectivity index (χ0) is 23.4. The second-order valence-corrected chi connectivity index (χ2v) is 6.87. The molecule has 1 aromatic rings. The molecule has 174 valence electrons. The standard InChI is InChI=1S/C18H26FN3O2.C2HF3O2/c1-2-3-4-11-22(14-17(23)21-12-9-20-10-13-21)18(24)15-5-7-16(19)8-6-15;3-2(4,5)1(6)7/h5-8,20H,2-4,9-14H2,1H3;(H,6,7). The molecule has 0 aliphatic carbocycles. The van der Waals surface area contributed by atoms with E-state index in [1.165, 1.54) is 24.3 Å². The van der Waals surface area contributed by atoms with Crippen molar-refractivity contribution < 1.29 is 37.1 Å². The van der Waals surface area contributed by atoms with Crippen molar-refractivity contribution in [1.29, 1.82) is 0 Å². The Bertz CT molecular complexity index is 720. The molecule has 0 bridgehead atoms. The fraction of sp³-hybridized carbons (Fsp3) is 0.550. The van der Waals surface area contributed by atoms with Gasteiger partial charge in [-0.3, -0.25) is 9.59 Å². The van der Waals surface area contributed by atoms with E-state index >= 15 is 0 Å². The van der Waals surface area contributed by atoms with Crippen LogP contribution >= 0.6 is 0 Å². The monoisotopic (exact) mass is 449 g/mol. The number of nitrogens with zero attached hydrogens (tertiary/aromatic N) is 2. The van der Waals surface area contributed by atoms with Crippen LogP contribution in [0.1, 0.15) is 36.5 Å². The van der Waals surface area contributed by atoms with Crippen LogP contribution in [0.25, 0.3) is 0 Å². The third-order valence-electron chi connectivity index (χ3n) is 4.45. The maximum atomic E-state index is 13.1. The van der Waals surface area contributed by atoms with E-state index in [-0.39, 0.29) is 24.2 Å². The maximum Gasteiger partial charge on any atom is 0.490 e. The summed E-state index contributed by atoms with van der Waals surface area (Å²) < 4.78 is 44.8. The third-order valence-corrected chi connectivity index (χ3v) is 4.45. The molecule has 0 aromatic heterocycles. The Labute approximate surface area is 178 Å². The maximum absolute atomic E-state index is 13.1. The van der Waals surface area contributed by atoms with E-state index in [0.717, 1.165) is 32.4 Å². The van der Waals surface area contributed by atoms with Gasteiger partial charge in [-0.1, -0.05) is 19.8 Å². The van der Waals surface area contributed by atoms with Crippen molar-refractivity contribution in [2.75, 3.05) is 39.3 Å². The number of alkyl halides is 3. The van der Waals surface area contributed by atoms with E-state index in [1.54, 1.807) is 9.80 Å². The number of rotatable bonds is 7. The topological polar surface area (TPSA) is 90.0 Å². The molecule has 7 nitrogen and oxygen atoms in total. The number of carboxylic acids is 1. The minimum absolute atomic E-state index is 0.0246. The van der Waals surface area contributed by atoms with E-state index in [2.05, 4.69) is 12.2 Å². The van der Waals surface area contributed by atoms with Crippen molar-refractivity contribution in [3.63, 3.8) is 0 Å². The van der Waals surface area contributed by atoms with Crippen molar-refractivity contribution in [3.05, 3.63) is 35.6 Å². The number of nitrogens with one attached hydrogen (secondary N) is 1. The Morgan fingerprint density at radius 3 is 2.13 bits per heavy atom. The van der Waals surface area contributed by atoms with Gasteiger partial charge in [0, 0.05) is 38.3 Å². The van der Waals surface area contributed by atoms with Crippen LogP contribution in [0.5, 0.6) is 0 Å². The number of carbonyl (C=O) groups is 3. The lowest BCUT2D eigenvalue weighted by molar-refractivity contribution is -0.192. The van der Waals surface area contributed by atoms with E-state index in [0.29, 0.717) is 25.2 Å². The molecule has 31 heavy (non-hydrogen) atoms. The number of carbonyl (C=O) groups excluding carboxylic acids is 2. The van der Waals surface area contributed by atoms with Crippen molar-refractivity contribution in [1.82, 2.24) is 15.1 Å².